The first-order chi connectivity index (χ1) is 16.2. The summed E-state index contributed by atoms with van der Waals surface area (Å²) in [5, 5.41) is 0. The maximum Gasteiger partial charge on any atom is 0.273 e. The van der Waals surface area contributed by atoms with Gasteiger partial charge in [0.05, 0.1) is 45.0 Å². The van der Waals surface area contributed by atoms with Crippen LogP contribution in [0.1, 0.15) is 17.2 Å². The topological polar surface area (TPSA) is 63.5 Å². The van der Waals surface area contributed by atoms with Crippen LogP contribution >= 0.6 is 0 Å². The number of hydrogen-bond donors (Lipinski definition) is 0. The number of para-hydroxylation sites is 1. The number of amides is 1. The SMILES string of the molecule is COc1ccc([C@@H]2[C@@H]3C(=NCCN=C3c3ccccc3)C(=O)N2c2ccccc2)cc1OC. The van der Waals surface area contributed by atoms with Gasteiger partial charge in [-0.1, -0.05) is 54.6 Å². The number of ether oxygens (including phenoxy) is 2. The molecule has 1 fully saturated rings. The van der Waals surface area contributed by atoms with Crippen LogP contribution in [0.15, 0.2) is 88.8 Å². The lowest BCUT2D eigenvalue weighted by Crippen LogP contribution is -2.31. The predicted molar refractivity (Wildman–Crippen MR) is 130 cm³/mol. The zero-order valence-corrected chi connectivity index (χ0v) is 18.6. The van der Waals surface area contributed by atoms with Gasteiger partial charge >= 0.3 is 0 Å². The second-order valence-electron chi connectivity index (χ2n) is 7.95. The van der Waals surface area contributed by atoms with Gasteiger partial charge in [0.1, 0.15) is 5.71 Å². The number of aliphatic imine (C=N–C) groups is 2. The zero-order chi connectivity index (χ0) is 22.8. The van der Waals surface area contributed by atoms with Crippen molar-refractivity contribution in [3.63, 3.8) is 0 Å². The minimum Gasteiger partial charge on any atom is -0.493 e. The summed E-state index contributed by atoms with van der Waals surface area (Å²) in [6, 6.07) is 25.3. The highest BCUT2D eigenvalue weighted by molar-refractivity contribution is 6.51. The molecule has 0 spiro atoms. The molecule has 0 N–H and O–H groups in total. The average molecular weight is 440 g/mol. The average Bonchev–Trinajstić information content (AvgIpc) is 3.01. The number of benzene rings is 3. The summed E-state index contributed by atoms with van der Waals surface area (Å²) in [6.07, 6.45) is 0. The van der Waals surface area contributed by atoms with Gasteiger partial charge in [-0.05, 0) is 35.4 Å². The number of anilines is 1. The number of carbonyl (C=O) groups is 1. The fourth-order valence-electron chi connectivity index (χ4n) is 4.69. The molecule has 2 heterocycles. The minimum atomic E-state index is -0.324. The van der Waals surface area contributed by atoms with Gasteiger partial charge in [-0.25, -0.2) is 0 Å². The molecule has 6 nitrogen and oxygen atoms in total. The normalized spacial score (nSPS) is 19.9. The molecule has 6 heteroatoms. The highest BCUT2D eigenvalue weighted by Crippen LogP contribution is 2.44. The van der Waals surface area contributed by atoms with Crippen molar-refractivity contribution in [1.82, 2.24) is 0 Å². The van der Waals surface area contributed by atoms with E-state index in [1.165, 1.54) is 0 Å². The monoisotopic (exact) mass is 439 g/mol. The van der Waals surface area contributed by atoms with Gasteiger partial charge < -0.3 is 9.47 Å². The van der Waals surface area contributed by atoms with E-state index in [0.29, 0.717) is 30.3 Å². The Kier molecular flexibility index (Phi) is 5.65. The molecular weight excluding hydrogens is 414 g/mol. The molecule has 0 aliphatic carbocycles. The van der Waals surface area contributed by atoms with Crippen LogP contribution in [0.2, 0.25) is 0 Å². The third-order valence-electron chi connectivity index (χ3n) is 6.14. The van der Waals surface area contributed by atoms with E-state index < -0.39 is 0 Å². The van der Waals surface area contributed by atoms with Crippen LogP contribution < -0.4 is 14.4 Å². The first-order valence-electron chi connectivity index (χ1n) is 11.0. The molecule has 0 radical (unpaired) electrons. The van der Waals surface area contributed by atoms with Gasteiger partial charge in [0.2, 0.25) is 0 Å². The van der Waals surface area contributed by atoms with Crippen molar-refractivity contribution in [1.29, 1.82) is 0 Å². The number of hydrogen-bond acceptors (Lipinski definition) is 5. The summed E-state index contributed by atoms with van der Waals surface area (Å²) in [5.41, 5.74) is 4.21. The number of nitrogens with zero attached hydrogens (tertiary/aromatic N) is 3. The molecule has 0 unspecified atom stereocenters. The van der Waals surface area contributed by atoms with Crippen LogP contribution in [0.25, 0.3) is 0 Å². The summed E-state index contributed by atoms with van der Waals surface area (Å²) in [4.78, 5) is 25.3. The number of carbonyl (C=O) groups excluding carboxylic acids is 1. The molecule has 33 heavy (non-hydrogen) atoms. The number of rotatable bonds is 5. The van der Waals surface area contributed by atoms with Crippen molar-refractivity contribution in [3.05, 3.63) is 90.0 Å². The van der Waals surface area contributed by atoms with E-state index in [2.05, 4.69) is 0 Å². The smallest absolute Gasteiger partial charge is 0.273 e. The lowest BCUT2D eigenvalue weighted by molar-refractivity contribution is -0.112. The van der Waals surface area contributed by atoms with Crippen molar-refractivity contribution in [2.24, 2.45) is 15.9 Å². The van der Waals surface area contributed by atoms with Gasteiger partial charge in [0, 0.05) is 5.69 Å². The van der Waals surface area contributed by atoms with Gasteiger partial charge in [0.25, 0.3) is 5.91 Å². The molecule has 1 saturated heterocycles. The molecule has 3 aromatic rings. The van der Waals surface area contributed by atoms with Crippen molar-refractivity contribution in [2.75, 3.05) is 32.2 Å². The molecule has 0 bridgehead atoms. The lowest BCUT2D eigenvalue weighted by Gasteiger charge is -2.29. The van der Waals surface area contributed by atoms with Crippen LogP contribution in [-0.2, 0) is 4.79 Å². The van der Waals surface area contributed by atoms with Gasteiger partial charge in [-0.3, -0.25) is 19.7 Å². The fourth-order valence-corrected chi connectivity index (χ4v) is 4.69. The minimum absolute atomic E-state index is 0.0866. The van der Waals surface area contributed by atoms with Gasteiger partial charge in [0.15, 0.2) is 11.5 Å². The van der Waals surface area contributed by atoms with Crippen molar-refractivity contribution in [3.8, 4) is 11.5 Å². The Morgan fingerprint density at radius 1 is 0.788 bits per heavy atom. The van der Waals surface area contributed by atoms with Crippen LogP contribution in [0, 0.1) is 5.92 Å². The van der Waals surface area contributed by atoms with Gasteiger partial charge in [-0.2, -0.15) is 0 Å². The maximum absolute atomic E-state index is 13.8. The molecule has 2 atom stereocenters. The summed E-state index contributed by atoms with van der Waals surface area (Å²) in [7, 11) is 3.23. The summed E-state index contributed by atoms with van der Waals surface area (Å²) >= 11 is 0. The molecule has 2 aliphatic rings. The first-order valence-corrected chi connectivity index (χ1v) is 11.0. The van der Waals surface area contributed by atoms with Crippen LogP contribution in [0.4, 0.5) is 5.69 Å². The fraction of sp³-hybridized carbons (Fsp3) is 0.222. The lowest BCUT2D eigenvalue weighted by atomic mass is 9.85. The van der Waals surface area contributed by atoms with Crippen LogP contribution in [-0.4, -0.2) is 44.6 Å². The Morgan fingerprint density at radius 2 is 1.42 bits per heavy atom. The van der Waals surface area contributed by atoms with Gasteiger partial charge in [-0.15, -0.1) is 0 Å². The third kappa shape index (κ3) is 3.67. The van der Waals surface area contributed by atoms with E-state index in [4.69, 9.17) is 19.5 Å². The molecule has 1 amide bonds. The Labute approximate surface area is 193 Å². The molecule has 166 valence electrons. The molecular formula is C27H25N3O3. The summed E-state index contributed by atoms with van der Waals surface area (Å²) < 4.78 is 11.0. The van der Waals surface area contributed by atoms with Crippen LogP contribution in [0.3, 0.4) is 0 Å². The summed E-state index contributed by atoms with van der Waals surface area (Å²) in [5.74, 6) is 0.869. The van der Waals surface area contributed by atoms with E-state index in [-0.39, 0.29) is 17.9 Å². The quantitative estimate of drug-likeness (QED) is 0.594. The number of fused-ring (bicyclic) bond motifs is 1. The standard InChI is InChI=1S/C27H25N3O3/c1-32-21-14-13-19(17-22(21)33-2)26-23-24(18-9-5-3-6-10-18)28-15-16-29-25(23)27(31)30(26)20-11-7-4-8-12-20/h3-14,17,23,26H,15-16H2,1-2H3/t23-,26+/m0/s1. The third-order valence-corrected chi connectivity index (χ3v) is 6.14. The van der Waals surface area contributed by atoms with E-state index in [1.54, 1.807) is 14.2 Å². The van der Waals surface area contributed by atoms with E-state index in [9.17, 15) is 4.79 Å². The highest BCUT2D eigenvalue weighted by Gasteiger charge is 2.50. The van der Waals surface area contributed by atoms with Crippen molar-refractivity contribution < 1.29 is 14.3 Å². The Hall–Kier alpha value is -3.93. The number of methoxy groups -OCH3 is 2. The Balaban J connectivity index is 1.73. The largest absolute Gasteiger partial charge is 0.493 e. The van der Waals surface area contributed by atoms with Crippen molar-refractivity contribution >= 4 is 23.0 Å². The van der Waals surface area contributed by atoms with Crippen molar-refractivity contribution in [2.45, 2.75) is 6.04 Å². The van der Waals surface area contributed by atoms with E-state index in [0.717, 1.165) is 22.5 Å². The second kappa shape index (κ2) is 8.90. The predicted octanol–water partition coefficient (Wildman–Crippen LogP) is 4.35. The van der Waals surface area contributed by atoms with Crippen LogP contribution in [0.5, 0.6) is 11.5 Å². The zero-order valence-electron chi connectivity index (χ0n) is 18.6. The summed E-state index contributed by atoms with van der Waals surface area (Å²) in [6.45, 7) is 1.05. The first kappa shape index (κ1) is 20.9. The van der Waals surface area contributed by atoms with E-state index >= 15 is 0 Å². The van der Waals surface area contributed by atoms with E-state index in [1.807, 2.05) is 83.8 Å². The highest BCUT2D eigenvalue weighted by atomic mass is 16.5. The molecule has 0 saturated carbocycles. The second-order valence-corrected chi connectivity index (χ2v) is 7.95. The maximum atomic E-state index is 13.8. The molecule has 0 aromatic heterocycles. The Morgan fingerprint density at radius 3 is 2.09 bits per heavy atom. The molecule has 2 aliphatic heterocycles. The molecule has 5 rings (SSSR count). The Bertz CT molecular complexity index is 1220. The molecule has 3 aromatic carbocycles.